The third-order valence-corrected chi connectivity index (χ3v) is 5.89. The van der Waals surface area contributed by atoms with E-state index in [1.165, 1.54) is 44.1 Å². The molecule has 140 valence electrons. The summed E-state index contributed by atoms with van der Waals surface area (Å²) >= 11 is 0. The first-order valence-corrected chi connectivity index (χ1v) is 10.2. The van der Waals surface area contributed by atoms with Gasteiger partial charge < -0.3 is 4.74 Å². The van der Waals surface area contributed by atoms with Gasteiger partial charge in [-0.15, -0.1) is 0 Å². The van der Waals surface area contributed by atoms with Gasteiger partial charge in [0.2, 0.25) is 0 Å². The van der Waals surface area contributed by atoms with Crippen LogP contribution in [0.5, 0.6) is 5.75 Å². The van der Waals surface area contributed by atoms with Crippen molar-refractivity contribution in [3.63, 3.8) is 0 Å². The highest BCUT2D eigenvalue weighted by Crippen LogP contribution is 2.38. The van der Waals surface area contributed by atoms with Crippen LogP contribution in [-0.2, 0) is 0 Å². The third-order valence-electron chi connectivity index (χ3n) is 5.89. The molecule has 0 spiro atoms. The summed E-state index contributed by atoms with van der Waals surface area (Å²) in [6.45, 7) is 6.47. The van der Waals surface area contributed by atoms with Crippen molar-refractivity contribution in [1.82, 2.24) is 0 Å². The molecule has 0 aromatic heterocycles. The molecule has 1 aliphatic rings. The molecule has 0 heterocycles. The van der Waals surface area contributed by atoms with Crippen molar-refractivity contribution in [3.8, 4) is 16.9 Å². The molecule has 1 saturated carbocycles. The van der Waals surface area contributed by atoms with Crippen LogP contribution in [0.2, 0.25) is 0 Å². The zero-order valence-electron chi connectivity index (χ0n) is 16.4. The van der Waals surface area contributed by atoms with Gasteiger partial charge in [-0.25, -0.2) is 4.39 Å². The maximum atomic E-state index is 14.5. The molecule has 0 bridgehead atoms. The molecule has 2 aromatic rings. The van der Waals surface area contributed by atoms with E-state index in [4.69, 9.17) is 4.74 Å². The average molecular weight is 355 g/mol. The molecular weight excluding hydrogens is 323 g/mol. The SMILES string of the molecule is CCCC1CCC(c2ccc(-c3ccc(OCC)c(F)c3C)cc2)CC1. The number of benzene rings is 2. The number of hydrogen-bond donors (Lipinski definition) is 0. The van der Waals surface area contributed by atoms with Crippen molar-refractivity contribution in [1.29, 1.82) is 0 Å². The zero-order chi connectivity index (χ0) is 18.5. The number of halogens is 1. The lowest BCUT2D eigenvalue weighted by Gasteiger charge is -2.28. The zero-order valence-corrected chi connectivity index (χ0v) is 16.4. The Morgan fingerprint density at radius 2 is 1.65 bits per heavy atom. The molecule has 3 rings (SSSR count). The van der Waals surface area contributed by atoms with Crippen molar-refractivity contribution in [2.45, 2.75) is 65.2 Å². The first-order chi connectivity index (χ1) is 12.6. The van der Waals surface area contributed by atoms with Gasteiger partial charge >= 0.3 is 0 Å². The Morgan fingerprint density at radius 3 is 2.27 bits per heavy atom. The molecule has 0 atom stereocenters. The minimum absolute atomic E-state index is 0.248. The van der Waals surface area contributed by atoms with Crippen LogP contribution in [-0.4, -0.2) is 6.61 Å². The topological polar surface area (TPSA) is 9.23 Å². The quantitative estimate of drug-likeness (QED) is 0.530. The van der Waals surface area contributed by atoms with E-state index in [-0.39, 0.29) is 5.82 Å². The second-order valence-corrected chi connectivity index (χ2v) is 7.61. The maximum absolute atomic E-state index is 14.5. The predicted octanol–water partition coefficient (Wildman–Crippen LogP) is 7.27. The van der Waals surface area contributed by atoms with Crippen LogP contribution < -0.4 is 4.74 Å². The summed E-state index contributed by atoms with van der Waals surface area (Å²) in [4.78, 5) is 0. The van der Waals surface area contributed by atoms with Gasteiger partial charge in [0, 0.05) is 0 Å². The maximum Gasteiger partial charge on any atom is 0.168 e. The van der Waals surface area contributed by atoms with Gasteiger partial charge in [0.25, 0.3) is 0 Å². The van der Waals surface area contributed by atoms with Crippen molar-refractivity contribution in [3.05, 3.63) is 53.3 Å². The van der Waals surface area contributed by atoms with Gasteiger partial charge in [-0.3, -0.25) is 0 Å². The second kappa shape index (κ2) is 8.70. The van der Waals surface area contributed by atoms with E-state index in [0.717, 1.165) is 17.0 Å². The summed E-state index contributed by atoms with van der Waals surface area (Å²) in [5.74, 6) is 1.72. The van der Waals surface area contributed by atoms with Crippen molar-refractivity contribution >= 4 is 0 Å². The average Bonchev–Trinajstić information content (AvgIpc) is 2.67. The highest BCUT2D eigenvalue weighted by Gasteiger charge is 2.22. The lowest BCUT2D eigenvalue weighted by Crippen LogP contribution is -2.13. The minimum atomic E-state index is -0.248. The Hall–Kier alpha value is -1.83. The summed E-state index contributed by atoms with van der Waals surface area (Å²) in [5.41, 5.74) is 4.12. The highest BCUT2D eigenvalue weighted by atomic mass is 19.1. The standard InChI is InChI=1S/C24H31FO/c1-4-6-18-7-9-19(10-8-18)20-11-13-21(14-12-20)22-15-16-23(26-5-2)24(25)17(22)3/h11-16,18-19H,4-10H2,1-3H3. The molecular formula is C24H31FO. The largest absolute Gasteiger partial charge is 0.491 e. The monoisotopic (exact) mass is 354 g/mol. The van der Waals surface area contributed by atoms with E-state index < -0.39 is 0 Å². The number of hydrogen-bond acceptors (Lipinski definition) is 1. The molecule has 0 amide bonds. The van der Waals surface area contributed by atoms with Gasteiger partial charge in [0.15, 0.2) is 11.6 Å². The fourth-order valence-corrected chi connectivity index (χ4v) is 4.37. The van der Waals surface area contributed by atoms with Crippen molar-refractivity contribution in [2.75, 3.05) is 6.61 Å². The molecule has 0 unspecified atom stereocenters. The van der Waals surface area contributed by atoms with E-state index >= 15 is 0 Å². The van der Waals surface area contributed by atoms with Crippen molar-refractivity contribution < 1.29 is 9.13 Å². The fraction of sp³-hybridized carbons (Fsp3) is 0.500. The van der Waals surface area contributed by atoms with Crippen LogP contribution in [0.1, 0.15) is 69.4 Å². The predicted molar refractivity (Wildman–Crippen MR) is 107 cm³/mol. The Kier molecular flexibility index (Phi) is 6.34. The molecule has 0 saturated heterocycles. The first-order valence-electron chi connectivity index (χ1n) is 10.2. The van der Waals surface area contributed by atoms with E-state index in [2.05, 4.69) is 31.2 Å². The highest BCUT2D eigenvalue weighted by molar-refractivity contribution is 5.68. The minimum Gasteiger partial charge on any atom is -0.491 e. The molecule has 2 heteroatoms. The molecule has 2 aromatic carbocycles. The lowest BCUT2D eigenvalue weighted by atomic mass is 9.77. The van der Waals surface area contributed by atoms with Gasteiger partial charge in [-0.1, -0.05) is 50.1 Å². The van der Waals surface area contributed by atoms with Crippen LogP contribution in [0.4, 0.5) is 4.39 Å². The smallest absolute Gasteiger partial charge is 0.168 e. The molecule has 1 fully saturated rings. The Bertz CT molecular complexity index is 712. The van der Waals surface area contributed by atoms with E-state index in [1.807, 2.05) is 19.9 Å². The van der Waals surface area contributed by atoms with E-state index in [0.29, 0.717) is 23.8 Å². The molecule has 26 heavy (non-hydrogen) atoms. The summed E-state index contributed by atoms with van der Waals surface area (Å²) in [5, 5.41) is 0. The Morgan fingerprint density at radius 1 is 0.962 bits per heavy atom. The molecule has 0 N–H and O–H groups in total. The van der Waals surface area contributed by atoms with Gasteiger partial charge in [-0.05, 0) is 79.7 Å². The molecule has 0 radical (unpaired) electrons. The fourth-order valence-electron chi connectivity index (χ4n) is 4.37. The Labute approximate surface area is 157 Å². The Balaban J connectivity index is 1.73. The van der Waals surface area contributed by atoms with Crippen LogP contribution in [0.3, 0.4) is 0 Å². The summed E-state index contributed by atoms with van der Waals surface area (Å²) in [6.07, 6.45) is 8.03. The third kappa shape index (κ3) is 4.11. The van der Waals surface area contributed by atoms with Gasteiger partial charge in [0.1, 0.15) is 0 Å². The number of rotatable bonds is 6. The van der Waals surface area contributed by atoms with E-state index in [1.54, 1.807) is 6.07 Å². The van der Waals surface area contributed by atoms with Crippen LogP contribution in [0.25, 0.3) is 11.1 Å². The van der Waals surface area contributed by atoms with Crippen LogP contribution >= 0.6 is 0 Å². The van der Waals surface area contributed by atoms with Crippen LogP contribution in [0, 0.1) is 18.7 Å². The van der Waals surface area contributed by atoms with Gasteiger partial charge in [-0.2, -0.15) is 0 Å². The molecule has 1 aliphatic carbocycles. The number of ether oxygens (including phenoxy) is 1. The van der Waals surface area contributed by atoms with Crippen molar-refractivity contribution in [2.24, 2.45) is 5.92 Å². The lowest BCUT2D eigenvalue weighted by molar-refractivity contribution is 0.308. The normalized spacial score (nSPS) is 20.2. The van der Waals surface area contributed by atoms with Crippen LogP contribution in [0.15, 0.2) is 36.4 Å². The van der Waals surface area contributed by atoms with Gasteiger partial charge in [0.05, 0.1) is 6.61 Å². The summed E-state index contributed by atoms with van der Waals surface area (Å²) in [6, 6.07) is 12.5. The van der Waals surface area contributed by atoms with E-state index in [9.17, 15) is 4.39 Å². The first kappa shape index (κ1) is 18.9. The summed E-state index contributed by atoms with van der Waals surface area (Å²) in [7, 11) is 0. The second-order valence-electron chi connectivity index (χ2n) is 7.61. The molecule has 1 nitrogen and oxygen atoms in total. The summed E-state index contributed by atoms with van der Waals surface area (Å²) < 4.78 is 19.8. The molecule has 0 aliphatic heterocycles.